The molecule has 20 heavy (non-hydrogen) atoms. The van der Waals surface area contributed by atoms with Crippen molar-refractivity contribution in [1.29, 1.82) is 0 Å². The first-order valence-corrected chi connectivity index (χ1v) is 6.42. The van der Waals surface area contributed by atoms with Crippen LogP contribution in [0, 0.1) is 0 Å². The predicted octanol–water partition coefficient (Wildman–Crippen LogP) is 2.67. The fourth-order valence-electron chi connectivity index (χ4n) is 1.88. The van der Waals surface area contributed by atoms with Crippen LogP contribution in [0.3, 0.4) is 0 Å². The lowest BCUT2D eigenvalue weighted by atomic mass is 10.1. The minimum atomic E-state index is -0.148. The summed E-state index contributed by atoms with van der Waals surface area (Å²) in [5, 5.41) is 5.95. The Morgan fingerprint density at radius 3 is 2.55 bits per heavy atom. The van der Waals surface area contributed by atoms with E-state index < -0.39 is 0 Å². The van der Waals surface area contributed by atoms with Gasteiger partial charge >= 0.3 is 0 Å². The van der Waals surface area contributed by atoms with E-state index in [1.807, 2.05) is 37.4 Å². The highest BCUT2D eigenvalue weighted by atomic mass is 16.5. The van der Waals surface area contributed by atoms with Gasteiger partial charge in [0.1, 0.15) is 5.75 Å². The van der Waals surface area contributed by atoms with Gasteiger partial charge in [0.2, 0.25) is 0 Å². The third-order valence-electron chi connectivity index (χ3n) is 2.92. The molecule has 0 bridgehead atoms. The summed E-state index contributed by atoms with van der Waals surface area (Å²) in [6, 6.07) is 14.8. The molecule has 0 saturated carbocycles. The van der Waals surface area contributed by atoms with Crippen molar-refractivity contribution < 1.29 is 9.53 Å². The average molecular weight is 270 g/mol. The topological polar surface area (TPSA) is 50.4 Å². The maximum Gasteiger partial charge on any atom is 0.255 e. The fraction of sp³-hybridized carbons (Fsp3) is 0.188. The molecule has 4 nitrogen and oxygen atoms in total. The number of carbonyl (C=O) groups excluding carboxylic acids is 1. The molecule has 0 fully saturated rings. The quantitative estimate of drug-likeness (QED) is 0.878. The first-order chi connectivity index (χ1) is 9.72. The van der Waals surface area contributed by atoms with Crippen molar-refractivity contribution in [3.8, 4) is 5.75 Å². The Morgan fingerprint density at radius 1 is 1.15 bits per heavy atom. The van der Waals surface area contributed by atoms with E-state index >= 15 is 0 Å². The van der Waals surface area contributed by atoms with Gasteiger partial charge in [0.15, 0.2) is 0 Å². The monoisotopic (exact) mass is 270 g/mol. The van der Waals surface area contributed by atoms with E-state index in [1.165, 1.54) is 5.56 Å². The van der Waals surface area contributed by atoms with Gasteiger partial charge in [-0.05, 0) is 42.9 Å². The maximum atomic E-state index is 12.1. The molecule has 0 heterocycles. The second-order valence-electron chi connectivity index (χ2n) is 4.41. The highest BCUT2D eigenvalue weighted by Gasteiger charge is 2.07. The fourth-order valence-corrected chi connectivity index (χ4v) is 1.88. The van der Waals surface area contributed by atoms with Crippen molar-refractivity contribution in [1.82, 2.24) is 5.32 Å². The molecule has 0 spiro atoms. The molecular formula is C16H18N2O2. The van der Waals surface area contributed by atoms with Gasteiger partial charge in [-0.15, -0.1) is 0 Å². The maximum absolute atomic E-state index is 12.1. The van der Waals surface area contributed by atoms with E-state index in [2.05, 4.69) is 10.6 Å². The van der Waals surface area contributed by atoms with Crippen molar-refractivity contribution in [2.75, 3.05) is 19.5 Å². The molecule has 0 atom stereocenters. The molecule has 0 aromatic heterocycles. The number of nitrogens with one attached hydrogen (secondary N) is 2. The number of amides is 1. The Labute approximate surface area is 118 Å². The van der Waals surface area contributed by atoms with Gasteiger partial charge in [-0.1, -0.05) is 18.2 Å². The zero-order valence-electron chi connectivity index (χ0n) is 11.6. The molecule has 4 heteroatoms. The van der Waals surface area contributed by atoms with Gasteiger partial charge in [0.25, 0.3) is 5.91 Å². The summed E-state index contributed by atoms with van der Waals surface area (Å²) in [4.78, 5) is 12.1. The minimum Gasteiger partial charge on any atom is -0.497 e. The number of methoxy groups -OCH3 is 1. The number of rotatable bonds is 5. The lowest BCUT2D eigenvalue weighted by Gasteiger charge is -2.07. The summed E-state index contributed by atoms with van der Waals surface area (Å²) in [6.07, 6.45) is 0. The Hall–Kier alpha value is -2.33. The van der Waals surface area contributed by atoms with Crippen LogP contribution in [0.5, 0.6) is 5.75 Å². The van der Waals surface area contributed by atoms with E-state index in [9.17, 15) is 4.79 Å². The van der Waals surface area contributed by atoms with Crippen molar-refractivity contribution in [2.45, 2.75) is 6.54 Å². The number of ether oxygens (including phenoxy) is 1. The summed E-state index contributed by atoms with van der Waals surface area (Å²) in [5.74, 6) is 0.521. The molecule has 0 aliphatic heterocycles. The van der Waals surface area contributed by atoms with Crippen LogP contribution in [0.4, 0.5) is 5.69 Å². The van der Waals surface area contributed by atoms with Gasteiger partial charge in [0, 0.05) is 17.8 Å². The second-order valence-corrected chi connectivity index (χ2v) is 4.41. The molecule has 2 rings (SSSR count). The van der Waals surface area contributed by atoms with Crippen LogP contribution >= 0.6 is 0 Å². The van der Waals surface area contributed by atoms with Crippen LogP contribution in [-0.2, 0) is 6.54 Å². The summed E-state index contributed by atoms with van der Waals surface area (Å²) in [5.41, 5.74) is 2.52. The first kappa shape index (κ1) is 14.1. The summed E-state index contributed by atoms with van der Waals surface area (Å²) in [7, 11) is 3.48. The Bertz CT molecular complexity index is 579. The minimum absolute atomic E-state index is 0.148. The Kier molecular flexibility index (Phi) is 4.74. The summed E-state index contributed by atoms with van der Waals surface area (Å²) in [6.45, 7) is 0.810. The molecule has 0 saturated heterocycles. The Balaban J connectivity index is 2.06. The zero-order valence-corrected chi connectivity index (χ0v) is 11.6. The lowest BCUT2D eigenvalue weighted by Crippen LogP contribution is -2.12. The van der Waals surface area contributed by atoms with Gasteiger partial charge in [-0.2, -0.15) is 0 Å². The molecular weight excluding hydrogens is 252 g/mol. The molecule has 0 aliphatic rings. The Morgan fingerprint density at radius 2 is 1.90 bits per heavy atom. The van der Waals surface area contributed by atoms with Crippen molar-refractivity contribution in [3.05, 3.63) is 59.7 Å². The molecule has 2 N–H and O–H groups in total. The van der Waals surface area contributed by atoms with Crippen LogP contribution in [0.25, 0.3) is 0 Å². The molecule has 0 unspecified atom stereocenters. The number of hydrogen-bond acceptors (Lipinski definition) is 3. The number of benzene rings is 2. The van der Waals surface area contributed by atoms with E-state index in [0.717, 1.165) is 12.2 Å². The molecule has 2 aromatic carbocycles. The van der Waals surface area contributed by atoms with Crippen LogP contribution in [0.1, 0.15) is 15.9 Å². The van der Waals surface area contributed by atoms with Crippen LogP contribution in [0.15, 0.2) is 48.5 Å². The SMILES string of the molecule is CNCc1ccc(NC(=O)c2cccc(OC)c2)cc1. The van der Waals surface area contributed by atoms with Gasteiger partial charge in [0.05, 0.1) is 7.11 Å². The first-order valence-electron chi connectivity index (χ1n) is 6.42. The number of hydrogen-bond donors (Lipinski definition) is 2. The van der Waals surface area contributed by atoms with Crippen LogP contribution in [-0.4, -0.2) is 20.1 Å². The van der Waals surface area contributed by atoms with Crippen LogP contribution < -0.4 is 15.4 Å². The number of anilines is 1. The van der Waals surface area contributed by atoms with E-state index in [4.69, 9.17) is 4.74 Å². The second kappa shape index (κ2) is 6.73. The van der Waals surface area contributed by atoms with Gasteiger partial charge in [-0.3, -0.25) is 4.79 Å². The summed E-state index contributed by atoms with van der Waals surface area (Å²) < 4.78 is 5.11. The van der Waals surface area contributed by atoms with E-state index in [0.29, 0.717) is 11.3 Å². The molecule has 2 aromatic rings. The van der Waals surface area contributed by atoms with E-state index in [-0.39, 0.29) is 5.91 Å². The molecule has 104 valence electrons. The largest absolute Gasteiger partial charge is 0.497 e. The van der Waals surface area contributed by atoms with Crippen molar-refractivity contribution >= 4 is 11.6 Å². The third-order valence-corrected chi connectivity index (χ3v) is 2.92. The smallest absolute Gasteiger partial charge is 0.255 e. The van der Waals surface area contributed by atoms with Gasteiger partial charge < -0.3 is 15.4 Å². The average Bonchev–Trinajstić information content (AvgIpc) is 2.49. The van der Waals surface area contributed by atoms with E-state index in [1.54, 1.807) is 25.3 Å². The summed E-state index contributed by atoms with van der Waals surface area (Å²) >= 11 is 0. The molecule has 0 radical (unpaired) electrons. The highest BCUT2D eigenvalue weighted by molar-refractivity contribution is 6.04. The number of carbonyl (C=O) groups is 1. The highest BCUT2D eigenvalue weighted by Crippen LogP contribution is 2.15. The zero-order chi connectivity index (χ0) is 14.4. The van der Waals surface area contributed by atoms with Crippen LogP contribution in [0.2, 0.25) is 0 Å². The van der Waals surface area contributed by atoms with Crippen molar-refractivity contribution in [3.63, 3.8) is 0 Å². The standard InChI is InChI=1S/C16H18N2O2/c1-17-11-12-6-8-14(9-7-12)18-16(19)13-4-3-5-15(10-13)20-2/h3-10,17H,11H2,1-2H3,(H,18,19). The third kappa shape index (κ3) is 3.59. The lowest BCUT2D eigenvalue weighted by molar-refractivity contribution is 0.102. The van der Waals surface area contributed by atoms with Crippen molar-refractivity contribution in [2.24, 2.45) is 0 Å². The predicted molar refractivity (Wildman–Crippen MR) is 80.2 cm³/mol. The molecule has 1 amide bonds. The van der Waals surface area contributed by atoms with Gasteiger partial charge in [-0.25, -0.2) is 0 Å². The normalized spacial score (nSPS) is 10.1. The molecule has 0 aliphatic carbocycles.